The average Bonchev–Trinajstić information content (AvgIpc) is 3.19. The van der Waals surface area contributed by atoms with Crippen molar-refractivity contribution in [1.82, 2.24) is 20.1 Å². The molecule has 46 heavy (non-hydrogen) atoms. The van der Waals surface area contributed by atoms with Gasteiger partial charge in [0.25, 0.3) is 17.7 Å². The summed E-state index contributed by atoms with van der Waals surface area (Å²) in [7, 11) is 0. The van der Waals surface area contributed by atoms with Crippen molar-refractivity contribution in [2.75, 3.05) is 44.2 Å². The largest absolute Gasteiger partial charge is 0.474 e. The van der Waals surface area contributed by atoms with Crippen LogP contribution in [-0.4, -0.2) is 102 Å². The maximum atomic E-state index is 14.7. The standard InChI is InChI=1S/C32H34BrF2N5O6/c33-19-2-7-27(36-13-19)46-22-11-21(12-22)45-9-1-8-32(34,35)18-38-14-31(15-38)16-39(17-31)20-3-4-23-24(10-20)30(44)40(29(23)43)25-5-6-26(41)37-28(25)42/h2-4,7,10,13,21-22,25H,1,5-6,8-9,11-12,14-18H2,(H,37,41,42). The number of hydrogen-bond donors (Lipinski definition) is 1. The van der Waals surface area contributed by atoms with Crippen LogP contribution in [0.2, 0.25) is 0 Å². The van der Waals surface area contributed by atoms with Crippen LogP contribution in [-0.2, 0) is 14.3 Å². The molecular formula is C32H34BrF2N5O6. The number of alkyl halides is 2. The van der Waals surface area contributed by atoms with Crippen LogP contribution in [0.1, 0.15) is 59.2 Å². The van der Waals surface area contributed by atoms with E-state index < -0.39 is 35.6 Å². The second-order valence-electron chi connectivity index (χ2n) is 13.2. The van der Waals surface area contributed by atoms with E-state index in [1.807, 2.05) is 6.07 Å². The molecule has 1 aromatic heterocycles. The molecule has 1 unspecified atom stereocenters. The summed E-state index contributed by atoms with van der Waals surface area (Å²) in [4.78, 5) is 58.9. The van der Waals surface area contributed by atoms with Crippen molar-refractivity contribution in [3.8, 4) is 5.88 Å². The van der Waals surface area contributed by atoms with E-state index in [9.17, 15) is 28.0 Å². The number of fused-ring (bicyclic) bond motifs is 1. The molecule has 244 valence electrons. The van der Waals surface area contributed by atoms with Crippen molar-refractivity contribution in [1.29, 1.82) is 0 Å². The van der Waals surface area contributed by atoms with E-state index in [0.29, 0.717) is 38.7 Å². The lowest BCUT2D eigenvalue weighted by atomic mass is 9.72. The van der Waals surface area contributed by atoms with Gasteiger partial charge in [-0.05, 0) is 53.0 Å². The molecule has 4 aliphatic heterocycles. The first kappa shape index (κ1) is 31.1. The number of nitrogens with zero attached hydrogens (tertiary/aromatic N) is 4. The molecule has 0 radical (unpaired) electrons. The predicted octanol–water partition coefficient (Wildman–Crippen LogP) is 3.41. The Bertz CT molecular complexity index is 1550. The van der Waals surface area contributed by atoms with Gasteiger partial charge in [-0.3, -0.25) is 34.3 Å². The smallest absolute Gasteiger partial charge is 0.262 e. The Morgan fingerprint density at radius 1 is 1.00 bits per heavy atom. The number of pyridine rings is 1. The molecule has 1 saturated carbocycles. The van der Waals surface area contributed by atoms with E-state index in [1.165, 1.54) is 0 Å². The molecule has 4 amide bonds. The molecule has 1 spiro atoms. The quantitative estimate of drug-likeness (QED) is 0.278. The van der Waals surface area contributed by atoms with Gasteiger partial charge in [0.05, 0.1) is 23.8 Å². The Hall–Kier alpha value is -3.49. The van der Waals surface area contributed by atoms with Gasteiger partial charge < -0.3 is 14.4 Å². The van der Waals surface area contributed by atoms with Crippen LogP contribution in [0.15, 0.2) is 41.0 Å². The molecule has 1 atom stereocenters. The van der Waals surface area contributed by atoms with Gasteiger partial charge in [0.1, 0.15) is 12.1 Å². The molecule has 1 N–H and O–H groups in total. The number of piperidine rings is 1. The number of carbonyl (C=O) groups excluding carboxylic acids is 4. The van der Waals surface area contributed by atoms with Gasteiger partial charge in [-0.1, -0.05) is 0 Å². The molecule has 5 heterocycles. The van der Waals surface area contributed by atoms with Gasteiger partial charge >= 0.3 is 0 Å². The normalized spacial score (nSPS) is 25.6. The Morgan fingerprint density at radius 2 is 1.76 bits per heavy atom. The molecule has 5 aliphatic rings. The fraction of sp³-hybridized carbons (Fsp3) is 0.531. The Kier molecular flexibility index (Phi) is 8.08. The minimum atomic E-state index is -2.80. The number of likely N-dealkylation sites (tertiary alicyclic amines) is 1. The number of benzene rings is 1. The summed E-state index contributed by atoms with van der Waals surface area (Å²) in [6.45, 7) is 2.52. The van der Waals surface area contributed by atoms with Gasteiger partial charge in [-0.2, -0.15) is 0 Å². The van der Waals surface area contributed by atoms with Crippen molar-refractivity contribution in [3.63, 3.8) is 0 Å². The van der Waals surface area contributed by atoms with Gasteiger partial charge in [-0.25, -0.2) is 13.8 Å². The minimum Gasteiger partial charge on any atom is -0.474 e. The number of amides is 4. The third-order valence-corrected chi connectivity index (χ3v) is 9.96. The number of halogens is 3. The van der Waals surface area contributed by atoms with Gasteiger partial charge in [0, 0.05) is 86.3 Å². The molecule has 2 aromatic rings. The third kappa shape index (κ3) is 6.14. The monoisotopic (exact) mass is 701 g/mol. The molecule has 4 fully saturated rings. The van der Waals surface area contributed by atoms with E-state index in [-0.39, 0.29) is 61.0 Å². The fourth-order valence-electron chi connectivity index (χ4n) is 7.16. The summed E-state index contributed by atoms with van der Waals surface area (Å²) in [6.07, 6.45) is 3.41. The third-order valence-electron chi connectivity index (χ3n) is 9.49. The van der Waals surface area contributed by atoms with E-state index in [1.54, 1.807) is 35.4 Å². The molecular weight excluding hydrogens is 668 g/mol. The molecule has 7 rings (SSSR count). The lowest BCUT2D eigenvalue weighted by molar-refractivity contribution is -0.136. The number of imide groups is 2. The Morgan fingerprint density at radius 3 is 2.48 bits per heavy atom. The zero-order valence-corrected chi connectivity index (χ0v) is 26.6. The molecule has 0 bridgehead atoms. The highest BCUT2D eigenvalue weighted by Crippen LogP contribution is 2.44. The van der Waals surface area contributed by atoms with E-state index in [2.05, 4.69) is 31.1 Å². The van der Waals surface area contributed by atoms with Crippen LogP contribution in [0.4, 0.5) is 14.5 Å². The molecule has 11 nitrogen and oxygen atoms in total. The Labute approximate surface area is 272 Å². The first-order chi connectivity index (χ1) is 22.0. The highest BCUT2D eigenvalue weighted by Gasteiger charge is 2.54. The minimum absolute atomic E-state index is 0.0272. The van der Waals surface area contributed by atoms with Crippen LogP contribution >= 0.6 is 15.9 Å². The van der Waals surface area contributed by atoms with Crippen molar-refractivity contribution in [2.45, 2.75) is 62.7 Å². The summed E-state index contributed by atoms with van der Waals surface area (Å²) >= 11 is 3.34. The number of hydrogen-bond acceptors (Lipinski definition) is 9. The van der Waals surface area contributed by atoms with Crippen molar-refractivity contribution in [3.05, 3.63) is 52.1 Å². The van der Waals surface area contributed by atoms with Gasteiger partial charge in [-0.15, -0.1) is 0 Å². The summed E-state index contributed by atoms with van der Waals surface area (Å²) in [5.41, 5.74) is 1.17. The zero-order chi connectivity index (χ0) is 32.2. The van der Waals surface area contributed by atoms with Crippen LogP contribution in [0.5, 0.6) is 5.88 Å². The SMILES string of the molecule is O=C1CCC(N2C(=O)c3ccc(N4CC5(CN(CC(F)(F)CCCOC6CC(Oc7ccc(Br)cn7)C6)C5)C4)cc3C2=O)C(=O)N1. The van der Waals surface area contributed by atoms with Crippen molar-refractivity contribution in [2.24, 2.45) is 5.41 Å². The van der Waals surface area contributed by atoms with Crippen LogP contribution < -0.4 is 15.0 Å². The molecule has 3 saturated heterocycles. The zero-order valence-electron chi connectivity index (χ0n) is 25.1. The number of ether oxygens (including phenoxy) is 2. The summed E-state index contributed by atoms with van der Waals surface area (Å²) in [5, 5.41) is 2.20. The second-order valence-corrected chi connectivity index (χ2v) is 14.1. The molecule has 1 aliphatic carbocycles. The lowest BCUT2D eigenvalue weighted by Crippen LogP contribution is -2.73. The van der Waals surface area contributed by atoms with Crippen molar-refractivity contribution >= 4 is 45.2 Å². The number of carbonyl (C=O) groups is 4. The Balaban J connectivity index is 0.815. The highest BCUT2D eigenvalue weighted by molar-refractivity contribution is 9.10. The number of nitrogens with one attached hydrogen (secondary N) is 1. The van der Waals surface area contributed by atoms with Crippen molar-refractivity contribution < 1.29 is 37.4 Å². The molecule has 14 heteroatoms. The van der Waals surface area contributed by atoms with E-state index in [4.69, 9.17) is 9.47 Å². The number of rotatable bonds is 11. The van der Waals surface area contributed by atoms with E-state index >= 15 is 0 Å². The predicted molar refractivity (Wildman–Crippen MR) is 164 cm³/mol. The first-order valence-corrected chi connectivity index (χ1v) is 16.4. The highest BCUT2D eigenvalue weighted by atomic mass is 79.9. The molecule has 1 aromatic carbocycles. The number of anilines is 1. The van der Waals surface area contributed by atoms with Gasteiger partial charge in [0.15, 0.2) is 0 Å². The van der Waals surface area contributed by atoms with Gasteiger partial charge in [0.2, 0.25) is 17.7 Å². The van der Waals surface area contributed by atoms with Crippen LogP contribution in [0.3, 0.4) is 0 Å². The maximum absolute atomic E-state index is 14.7. The topological polar surface area (TPSA) is 121 Å². The van der Waals surface area contributed by atoms with Crippen LogP contribution in [0, 0.1) is 5.41 Å². The van der Waals surface area contributed by atoms with E-state index in [0.717, 1.165) is 27.9 Å². The maximum Gasteiger partial charge on any atom is 0.262 e. The summed E-state index contributed by atoms with van der Waals surface area (Å²) < 4.78 is 41.9. The van der Waals surface area contributed by atoms with Crippen LogP contribution in [0.25, 0.3) is 0 Å². The fourth-order valence-corrected chi connectivity index (χ4v) is 7.39. The number of aromatic nitrogens is 1. The lowest BCUT2D eigenvalue weighted by Gasteiger charge is -2.61. The average molecular weight is 703 g/mol. The second kappa shape index (κ2) is 11.9. The summed E-state index contributed by atoms with van der Waals surface area (Å²) in [5.74, 6) is -4.39. The summed E-state index contributed by atoms with van der Waals surface area (Å²) in [6, 6.07) is 7.68. The first-order valence-electron chi connectivity index (χ1n) is 15.6.